The van der Waals surface area contributed by atoms with Gasteiger partial charge in [-0.1, -0.05) is 294 Å². The summed E-state index contributed by atoms with van der Waals surface area (Å²) in [6.45, 7) is 0. The van der Waals surface area contributed by atoms with Crippen molar-refractivity contribution in [2.24, 2.45) is 0 Å². The van der Waals surface area contributed by atoms with Gasteiger partial charge in [-0.05, 0) is 166 Å². The molecule has 0 aliphatic rings. The van der Waals surface area contributed by atoms with E-state index >= 15 is 0 Å². The fourth-order valence-corrected chi connectivity index (χ4v) is 13.6. The fourth-order valence-electron chi connectivity index (χ4n) is 11.7. The summed E-state index contributed by atoms with van der Waals surface area (Å²) in [6, 6.07) is 92.2. The van der Waals surface area contributed by atoms with Crippen LogP contribution in [0.2, 0.25) is 0 Å². The standard InChI is InChI=1S/C40H26.2C16H8Br2/c1-3-7-27(8-4-1)29-11-15-31(16-12-29)35-23-19-33-22-26-38-36(24-20-34-21-25-37(35)39(33)40(34)38)32-17-13-30(14-18-32)28-9-5-2-6-10-28;17-13-8-4-10-2-6-12-14(18)7-3-9-1-5-11(13)16(10)15(9)12;17-13-7-3-9-1-2-10-4-8-14(18)12-6-5-11(13)15(9)16(10)12/h1-26H;2*1-8H. The van der Waals surface area contributed by atoms with E-state index in [1.165, 1.54) is 141 Å². The Bertz CT molecular complexity index is 4420. The lowest BCUT2D eigenvalue weighted by molar-refractivity contribution is 1.60. The van der Waals surface area contributed by atoms with Crippen molar-refractivity contribution < 1.29 is 0 Å². The molecule has 0 atom stereocenters. The molecule has 358 valence electrons. The second-order valence-corrected chi connectivity index (χ2v) is 23.0. The lowest BCUT2D eigenvalue weighted by Gasteiger charge is -2.17. The highest BCUT2D eigenvalue weighted by Gasteiger charge is 2.17. The molecular weight excluding hydrogens is 1180 g/mol. The van der Waals surface area contributed by atoms with E-state index in [0.717, 1.165) is 17.9 Å². The Kier molecular flexibility index (Phi) is 11.9. The van der Waals surface area contributed by atoms with Crippen LogP contribution < -0.4 is 0 Å². The van der Waals surface area contributed by atoms with Crippen molar-refractivity contribution in [2.75, 3.05) is 0 Å². The second kappa shape index (κ2) is 19.3. The molecule has 0 aromatic heterocycles. The van der Waals surface area contributed by atoms with Crippen molar-refractivity contribution in [1.82, 2.24) is 0 Å². The van der Waals surface area contributed by atoms with Gasteiger partial charge in [0.25, 0.3) is 0 Å². The molecule has 0 nitrogen and oxygen atoms in total. The van der Waals surface area contributed by atoms with Crippen LogP contribution in [0.15, 0.2) is 273 Å². The van der Waals surface area contributed by atoms with E-state index in [1.54, 1.807) is 0 Å². The third-order valence-electron chi connectivity index (χ3n) is 15.4. The molecule has 16 aromatic rings. The van der Waals surface area contributed by atoms with E-state index < -0.39 is 0 Å². The second-order valence-electron chi connectivity index (χ2n) is 19.6. The average Bonchev–Trinajstić information content (AvgIpc) is 3.58. The van der Waals surface area contributed by atoms with Gasteiger partial charge in [-0.25, -0.2) is 0 Å². The molecular formula is C72H42Br4. The maximum atomic E-state index is 3.65. The van der Waals surface area contributed by atoms with Gasteiger partial charge < -0.3 is 0 Å². The van der Waals surface area contributed by atoms with Crippen LogP contribution in [0.3, 0.4) is 0 Å². The van der Waals surface area contributed by atoms with Gasteiger partial charge in [0.2, 0.25) is 0 Å². The quantitative estimate of drug-likeness (QED) is 0.154. The smallest absolute Gasteiger partial charge is 0.0254 e. The van der Waals surface area contributed by atoms with Gasteiger partial charge >= 0.3 is 0 Å². The number of rotatable bonds is 4. The van der Waals surface area contributed by atoms with Crippen LogP contribution in [0.4, 0.5) is 0 Å². The van der Waals surface area contributed by atoms with E-state index in [0.29, 0.717) is 0 Å². The summed E-state index contributed by atoms with van der Waals surface area (Å²) in [5.41, 5.74) is 10.0. The molecule has 0 radical (unpaired) electrons. The van der Waals surface area contributed by atoms with Crippen molar-refractivity contribution >= 4 is 161 Å². The van der Waals surface area contributed by atoms with Crippen LogP contribution in [0, 0.1) is 0 Å². The summed E-state index contributed by atoms with van der Waals surface area (Å²) in [7, 11) is 0. The largest absolute Gasteiger partial charge is 0.0622 e. The third kappa shape index (κ3) is 8.05. The SMILES string of the molecule is Brc1ccc2ccc3c(Br)ccc4ccc1c2c43.Brc1ccc2ccc3ccc(Br)c4ccc1c2c34.c1ccc(-c2ccc(-c3ccc4ccc5c(-c6ccc(-c7ccccc7)cc6)ccc6ccc3c4c65)cc2)cc1. The van der Waals surface area contributed by atoms with Crippen LogP contribution in [-0.4, -0.2) is 0 Å². The molecule has 0 amide bonds. The highest BCUT2D eigenvalue weighted by Crippen LogP contribution is 2.45. The fraction of sp³-hybridized carbons (Fsp3) is 0. The van der Waals surface area contributed by atoms with Crippen molar-refractivity contribution in [2.45, 2.75) is 0 Å². The topological polar surface area (TPSA) is 0 Å². The first kappa shape index (κ1) is 47.0. The van der Waals surface area contributed by atoms with Crippen molar-refractivity contribution in [3.8, 4) is 44.5 Å². The third-order valence-corrected chi connectivity index (χ3v) is 18.2. The molecule has 0 N–H and O–H groups in total. The van der Waals surface area contributed by atoms with Crippen molar-refractivity contribution in [1.29, 1.82) is 0 Å². The lowest BCUT2D eigenvalue weighted by Crippen LogP contribution is -1.89. The Hall–Kier alpha value is -7.44. The summed E-state index contributed by atoms with van der Waals surface area (Å²) in [4.78, 5) is 0. The minimum atomic E-state index is 1.16. The molecule has 76 heavy (non-hydrogen) atoms. The van der Waals surface area contributed by atoms with Crippen LogP contribution in [-0.2, 0) is 0 Å². The van der Waals surface area contributed by atoms with Crippen molar-refractivity contribution in [3.05, 3.63) is 273 Å². The van der Waals surface area contributed by atoms with Gasteiger partial charge in [-0.3, -0.25) is 0 Å². The molecule has 16 aromatic carbocycles. The summed E-state index contributed by atoms with van der Waals surface area (Å²) in [5.74, 6) is 0. The zero-order chi connectivity index (χ0) is 51.0. The number of benzene rings is 16. The number of halogens is 4. The molecule has 0 aliphatic heterocycles. The van der Waals surface area contributed by atoms with Gasteiger partial charge in [-0.15, -0.1) is 0 Å². The van der Waals surface area contributed by atoms with Crippen molar-refractivity contribution in [3.63, 3.8) is 0 Å². The van der Waals surface area contributed by atoms with Gasteiger partial charge in [-0.2, -0.15) is 0 Å². The summed E-state index contributed by atoms with van der Waals surface area (Å²) < 4.78 is 4.63. The predicted octanol–water partition coefficient (Wildman–Crippen LogP) is 23.5. The van der Waals surface area contributed by atoms with Gasteiger partial charge in [0, 0.05) is 17.9 Å². The molecule has 0 saturated carbocycles. The highest BCUT2D eigenvalue weighted by molar-refractivity contribution is 9.11. The van der Waals surface area contributed by atoms with Gasteiger partial charge in [0.1, 0.15) is 0 Å². The minimum absolute atomic E-state index is 1.16. The van der Waals surface area contributed by atoms with E-state index in [4.69, 9.17) is 0 Å². The first-order valence-electron chi connectivity index (χ1n) is 25.4. The molecule has 0 bridgehead atoms. The minimum Gasteiger partial charge on any atom is -0.0622 e. The number of hydrogen-bond acceptors (Lipinski definition) is 0. The average molecular weight is 1230 g/mol. The molecule has 16 rings (SSSR count). The Morgan fingerprint density at radius 2 is 0.368 bits per heavy atom. The number of hydrogen-bond donors (Lipinski definition) is 0. The van der Waals surface area contributed by atoms with E-state index in [1.807, 2.05) is 0 Å². The maximum absolute atomic E-state index is 3.65. The Morgan fingerprint density at radius 1 is 0.158 bits per heavy atom. The van der Waals surface area contributed by atoms with Crippen LogP contribution >= 0.6 is 63.7 Å². The molecule has 0 aliphatic carbocycles. The van der Waals surface area contributed by atoms with E-state index in [2.05, 4.69) is 319 Å². The molecule has 0 heterocycles. The zero-order valence-corrected chi connectivity index (χ0v) is 47.1. The first-order chi connectivity index (χ1) is 37.3. The molecule has 0 fully saturated rings. The molecule has 4 heteroatoms. The maximum Gasteiger partial charge on any atom is 0.0254 e. The summed E-state index contributed by atoms with van der Waals surface area (Å²) >= 11 is 14.6. The van der Waals surface area contributed by atoms with E-state index in [9.17, 15) is 0 Å². The highest BCUT2D eigenvalue weighted by atomic mass is 79.9. The lowest BCUT2D eigenvalue weighted by atomic mass is 9.87. The Balaban J connectivity index is 0.000000120. The van der Waals surface area contributed by atoms with Crippen LogP contribution in [0.5, 0.6) is 0 Å². The first-order valence-corrected chi connectivity index (χ1v) is 28.6. The summed E-state index contributed by atoms with van der Waals surface area (Å²) in [5, 5.41) is 23.6. The van der Waals surface area contributed by atoms with Gasteiger partial charge in [0.05, 0.1) is 0 Å². The predicted molar refractivity (Wildman–Crippen MR) is 343 cm³/mol. The molecule has 0 unspecified atom stereocenters. The summed E-state index contributed by atoms with van der Waals surface area (Å²) in [6.07, 6.45) is 0. The van der Waals surface area contributed by atoms with Crippen LogP contribution in [0.1, 0.15) is 0 Å². The van der Waals surface area contributed by atoms with Crippen LogP contribution in [0.25, 0.3) is 141 Å². The molecule has 0 spiro atoms. The van der Waals surface area contributed by atoms with E-state index in [-0.39, 0.29) is 0 Å². The monoisotopic (exact) mass is 1220 g/mol. The Labute approximate surface area is 473 Å². The Morgan fingerprint density at radius 3 is 0.684 bits per heavy atom. The van der Waals surface area contributed by atoms with Gasteiger partial charge in [0.15, 0.2) is 0 Å². The normalized spacial score (nSPS) is 11.7. The molecule has 0 saturated heterocycles. The zero-order valence-electron chi connectivity index (χ0n) is 40.8.